The van der Waals surface area contributed by atoms with Crippen molar-refractivity contribution in [2.45, 2.75) is 39.2 Å². The zero-order valence-electron chi connectivity index (χ0n) is 14.5. The number of hydrogen-bond donors (Lipinski definition) is 1. The maximum Gasteiger partial charge on any atom is 0.240 e. The van der Waals surface area contributed by atoms with Crippen LogP contribution in [0.5, 0.6) is 0 Å². The second-order valence-corrected chi connectivity index (χ2v) is 6.99. The molecule has 0 unspecified atom stereocenters. The summed E-state index contributed by atoms with van der Waals surface area (Å²) in [4.78, 5) is 30.5. The van der Waals surface area contributed by atoms with Crippen LogP contribution in [0, 0.1) is 13.8 Å². The average molecular weight is 335 g/mol. The highest BCUT2D eigenvalue weighted by Crippen LogP contribution is 2.32. The second kappa shape index (κ2) is 5.99. The molecule has 25 heavy (non-hydrogen) atoms. The predicted octanol–water partition coefficient (Wildman–Crippen LogP) is 2.53. The van der Waals surface area contributed by atoms with Crippen LogP contribution in [-0.2, 0) is 16.0 Å². The monoisotopic (exact) mass is 335 g/mol. The van der Waals surface area contributed by atoms with E-state index in [0.29, 0.717) is 6.04 Å². The molecule has 5 heteroatoms. The summed E-state index contributed by atoms with van der Waals surface area (Å²) in [5.74, 6) is -0.161. The molecule has 2 amide bonds. The highest BCUT2D eigenvalue weighted by Gasteiger charge is 2.32. The number of carbonyl (C=O) groups excluding carboxylic acids is 2. The molecule has 0 bridgehead atoms. The van der Waals surface area contributed by atoms with E-state index in [0.717, 1.165) is 35.3 Å². The first kappa shape index (κ1) is 15.8. The summed E-state index contributed by atoms with van der Waals surface area (Å²) in [7, 11) is 0. The van der Waals surface area contributed by atoms with Crippen LogP contribution in [0.3, 0.4) is 0 Å². The van der Waals surface area contributed by atoms with Gasteiger partial charge in [0.25, 0.3) is 0 Å². The van der Waals surface area contributed by atoms with Crippen molar-refractivity contribution in [3.8, 4) is 11.1 Å². The largest absolute Gasteiger partial charge is 0.352 e. The Morgan fingerprint density at radius 1 is 1.20 bits per heavy atom. The van der Waals surface area contributed by atoms with Gasteiger partial charge >= 0.3 is 0 Å². The Bertz CT molecular complexity index is 871. The van der Waals surface area contributed by atoms with E-state index in [9.17, 15) is 9.59 Å². The van der Waals surface area contributed by atoms with Crippen molar-refractivity contribution >= 4 is 17.5 Å². The van der Waals surface area contributed by atoms with Crippen molar-refractivity contribution in [1.82, 2.24) is 10.3 Å². The fourth-order valence-electron chi connectivity index (χ4n) is 3.12. The summed E-state index contributed by atoms with van der Waals surface area (Å²) < 4.78 is 0. The molecule has 2 heterocycles. The Morgan fingerprint density at radius 2 is 2.00 bits per heavy atom. The van der Waals surface area contributed by atoms with E-state index in [1.807, 2.05) is 12.3 Å². The summed E-state index contributed by atoms with van der Waals surface area (Å²) in [6.45, 7) is 4.23. The Kier molecular flexibility index (Phi) is 3.79. The molecule has 4 rings (SSSR count). The van der Waals surface area contributed by atoms with Crippen molar-refractivity contribution in [2.24, 2.45) is 0 Å². The number of pyridine rings is 1. The number of aromatic nitrogens is 1. The van der Waals surface area contributed by atoms with E-state index in [2.05, 4.69) is 42.3 Å². The molecule has 1 aliphatic carbocycles. The summed E-state index contributed by atoms with van der Waals surface area (Å²) in [6, 6.07) is 8.54. The van der Waals surface area contributed by atoms with Crippen LogP contribution in [0.2, 0.25) is 0 Å². The number of nitrogens with one attached hydrogen (secondary N) is 1. The van der Waals surface area contributed by atoms with Gasteiger partial charge in [0.05, 0.1) is 17.8 Å². The van der Waals surface area contributed by atoms with Gasteiger partial charge in [-0.25, -0.2) is 0 Å². The summed E-state index contributed by atoms with van der Waals surface area (Å²) in [5.41, 5.74) is 5.99. The highest BCUT2D eigenvalue weighted by molar-refractivity contribution is 6.05. The van der Waals surface area contributed by atoms with Crippen LogP contribution in [0.25, 0.3) is 11.1 Å². The zero-order chi connectivity index (χ0) is 17.6. The van der Waals surface area contributed by atoms with Gasteiger partial charge in [0.1, 0.15) is 6.54 Å². The van der Waals surface area contributed by atoms with E-state index in [1.54, 1.807) is 4.90 Å². The first-order valence-corrected chi connectivity index (χ1v) is 8.67. The van der Waals surface area contributed by atoms with Crippen LogP contribution < -0.4 is 10.2 Å². The van der Waals surface area contributed by atoms with Crippen LogP contribution in [0.1, 0.15) is 29.7 Å². The number of carbonyl (C=O) groups is 2. The van der Waals surface area contributed by atoms with Gasteiger partial charge in [0.15, 0.2) is 0 Å². The van der Waals surface area contributed by atoms with Gasteiger partial charge < -0.3 is 10.2 Å². The van der Waals surface area contributed by atoms with E-state index in [4.69, 9.17) is 0 Å². The lowest BCUT2D eigenvalue weighted by Crippen LogP contribution is -2.39. The molecule has 2 aromatic rings. The second-order valence-electron chi connectivity index (χ2n) is 6.99. The van der Waals surface area contributed by atoms with Gasteiger partial charge in [-0.2, -0.15) is 0 Å². The molecule has 2 aliphatic rings. The van der Waals surface area contributed by atoms with Gasteiger partial charge in [-0.3, -0.25) is 14.6 Å². The number of benzene rings is 1. The molecule has 1 aliphatic heterocycles. The number of amides is 2. The molecule has 1 fully saturated rings. The molecular weight excluding hydrogens is 314 g/mol. The van der Waals surface area contributed by atoms with Crippen molar-refractivity contribution in [3.63, 3.8) is 0 Å². The number of aryl methyl sites for hydroxylation is 2. The van der Waals surface area contributed by atoms with Gasteiger partial charge in [-0.15, -0.1) is 0 Å². The molecule has 1 N–H and O–H groups in total. The van der Waals surface area contributed by atoms with E-state index < -0.39 is 0 Å². The summed E-state index contributed by atoms with van der Waals surface area (Å²) >= 11 is 0. The lowest BCUT2D eigenvalue weighted by atomic mass is 10.0. The fourth-order valence-corrected chi connectivity index (χ4v) is 3.12. The van der Waals surface area contributed by atoms with Crippen molar-refractivity contribution in [2.75, 3.05) is 11.4 Å². The van der Waals surface area contributed by atoms with Crippen molar-refractivity contribution < 1.29 is 9.59 Å². The smallest absolute Gasteiger partial charge is 0.240 e. The Morgan fingerprint density at radius 3 is 2.72 bits per heavy atom. The minimum Gasteiger partial charge on any atom is -0.352 e. The number of rotatable bonds is 4. The number of fused-ring (bicyclic) bond motifs is 1. The van der Waals surface area contributed by atoms with Crippen molar-refractivity contribution in [3.05, 3.63) is 47.3 Å². The van der Waals surface area contributed by atoms with E-state index in [1.165, 1.54) is 11.1 Å². The minimum atomic E-state index is -0.0970. The molecule has 0 spiro atoms. The maximum atomic E-state index is 12.3. The van der Waals surface area contributed by atoms with Gasteiger partial charge in [0.2, 0.25) is 11.8 Å². The third-order valence-electron chi connectivity index (χ3n) is 4.94. The lowest BCUT2D eigenvalue weighted by molar-refractivity contribution is -0.123. The van der Waals surface area contributed by atoms with Crippen LogP contribution in [-0.4, -0.2) is 29.4 Å². The number of nitrogens with zero attached hydrogens (tertiary/aromatic N) is 2. The Hall–Kier alpha value is -2.69. The van der Waals surface area contributed by atoms with Gasteiger partial charge in [-0.05, 0) is 49.4 Å². The van der Waals surface area contributed by atoms with Crippen LogP contribution in [0.15, 0.2) is 30.5 Å². The molecule has 1 saturated carbocycles. The van der Waals surface area contributed by atoms with Gasteiger partial charge in [-0.1, -0.05) is 18.2 Å². The highest BCUT2D eigenvalue weighted by atomic mass is 16.2. The molecule has 5 nitrogen and oxygen atoms in total. The van der Waals surface area contributed by atoms with E-state index in [-0.39, 0.29) is 24.8 Å². The summed E-state index contributed by atoms with van der Waals surface area (Å²) in [6.07, 6.45) is 4.15. The maximum absolute atomic E-state index is 12.3. The van der Waals surface area contributed by atoms with Gasteiger partial charge in [0, 0.05) is 17.8 Å². The number of anilines is 1. The first-order valence-electron chi connectivity index (χ1n) is 8.67. The molecule has 0 saturated heterocycles. The standard InChI is InChI=1S/C20H21N3O2/c1-12-3-4-14(7-13(12)2)15-8-18-17(21-10-15)9-20(25)23(18)11-19(24)22-16-5-6-16/h3-4,7-8,10,16H,5-6,9,11H2,1-2H3,(H,22,24). The Balaban J connectivity index is 1.62. The average Bonchev–Trinajstić information content (AvgIpc) is 3.34. The molecule has 0 radical (unpaired) electrons. The van der Waals surface area contributed by atoms with E-state index >= 15 is 0 Å². The number of hydrogen-bond acceptors (Lipinski definition) is 3. The molecule has 1 aromatic carbocycles. The predicted molar refractivity (Wildman–Crippen MR) is 96.4 cm³/mol. The third kappa shape index (κ3) is 3.14. The quantitative estimate of drug-likeness (QED) is 0.934. The third-order valence-corrected chi connectivity index (χ3v) is 4.94. The normalized spacial score (nSPS) is 16.1. The minimum absolute atomic E-state index is 0.0642. The SMILES string of the molecule is Cc1ccc(-c2cnc3c(c2)N(CC(=O)NC2CC2)C(=O)C3)cc1C. The van der Waals surface area contributed by atoms with Crippen LogP contribution in [0.4, 0.5) is 5.69 Å². The molecule has 128 valence electrons. The van der Waals surface area contributed by atoms with Crippen LogP contribution >= 0.6 is 0 Å². The lowest BCUT2D eigenvalue weighted by Gasteiger charge is -2.17. The fraction of sp³-hybridized carbons (Fsp3) is 0.350. The summed E-state index contributed by atoms with van der Waals surface area (Å²) in [5, 5.41) is 2.94. The zero-order valence-corrected chi connectivity index (χ0v) is 14.5. The molecule has 0 atom stereocenters. The van der Waals surface area contributed by atoms with Crippen molar-refractivity contribution in [1.29, 1.82) is 0 Å². The Labute approximate surface area is 147 Å². The first-order chi connectivity index (χ1) is 12.0. The molecule has 1 aromatic heterocycles. The molecular formula is C20H21N3O2. The topological polar surface area (TPSA) is 62.3 Å².